The number of pyridine rings is 1. The maximum atomic E-state index is 12.0. The van der Waals surface area contributed by atoms with E-state index in [4.69, 9.17) is 10.8 Å². The van der Waals surface area contributed by atoms with Crippen molar-refractivity contribution in [2.24, 2.45) is 5.73 Å². The number of aromatic nitrogens is 1. The van der Waals surface area contributed by atoms with Gasteiger partial charge in [-0.3, -0.25) is 14.5 Å². The quantitative estimate of drug-likeness (QED) is 0.760. The molecule has 1 rings (SSSR count). The van der Waals surface area contributed by atoms with Crippen LogP contribution in [0.1, 0.15) is 19.8 Å². The lowest BCUT2D eigenvalue weighted by atomic mass is 10.2. The summed E-state index contributed by atoms with van der Waals surface area (Å²) in [6.07, 6.45) is 1.18. The zero-order chi connectivity index (χ0) is 14.4. The highest BCUT2D eigenvalue weighted by Gasteiger charge is 2.27. The van der Waals surface area contributed by atoms with Gasteiger partial charge >= 0.3 is 5.97 Å². The molecule has 2 amide bonds. The molecule has 0 saturated carbocycles. The number of anilines is 1. The van der Waals surface area contributed by atoms with Gasteiger partial charge in [0.25, 0.3) is 0 Å². The van der Waals surface area contributed by atoms with Crippen LogP contribution >= 0.6 is 0 Å². The Labute approximate surface area is 110 Å². The minimum atomic E-state index is -1.15. The molecule has 1 aromatic heterocycles. The summed E-state index contributed by atoms with van der Waals surface area (Å²) in [5.74, 6) is -2.05. The largest absolute Gasteiger partial charge is 0.480 e. The van der Waals surface area contributed by atoms with Crippen LogP contribution in [0.15, 0.2) is 24.4 Å². The summed E-state index contributed by atoms with van der Waals surface area (Å²) in [7, 11) is 0. The summed E-state index contributed by atoms with van der Waals surface area (Å²) in [4.78, 5) is 38.7. The van der Waals surface area contributed by atoms with Gasteiger partial charge in [-0.05, 0) is 19.1 Å². The molecule has 19 heavy (non-hydrogen) atoms. The smallest absolute Gasteiger partial charge is 0.326 e. The first-order chi connectivity index (χ1) is 8.93. The van der Waals surface area contributed by atoms with Crippen LogP contribution in [0, 0.1) is 0 Å². The molecule has 7 nitrogen and oxygen atoms in total. The van der Waals surface area contributed by atoms with E-state index in [2.05, 4.69) is 4.98 Å². The number of primary amides is 1. The van der Waals surface area contributed by atoms with E-state index in [1.54, 1.807) is 12.1 Å². The number of carboxylic acids is 1. The van der Waals surface area contributed by atoms with E-state index >= 15 is 0 Å². The van der Waals surface area contributed by atoms with Crippen molar-refractivity contribution in [2.45, 2.75) is 25.8 Å². The fraction of sp³-hybridized carbons (Fsp3) is 0.333. The van der Waals surface area contributed by atoms with E-state index in [0.717, 1.165) is 4.90 Å². The molecule has 0 spiro atoms. The Kier molecular flexibility index (Phi) is 4.99. The molecule has 0 radical (unpaired) electrons. The molecule has 1 atom stereocenters. The van der Waals surface area contributed by atoms with Crippen molar-refractivity contribution in [1.29, 1.82) is 0 Å². The predicted molar refractivity (Wildman–Crippen MR) is 67.2 cm³/mol. The number of carbonyl (C=O) groups excluding carboxylic acids is 2. The normalized spacial score (nSPS) is 11.6. The number of carbonyl (C=O) groups is 3. The average Bonchev–Trinajstić information content (AvgIpc) is 2.37. The van der Waals surface area contributed by atoms with Crippen LogP contribution in [0.3, 0.4) is 0 Å². The van der Waals surface area contributed by atoms with Crippen LogP contribution in [-0.2, 0) is 14.4 Å². The Bertz CT molecular complexity index is 475. The highest BCUT2D eigenvalue weighted by Crippen LogP contribution is 2.15. The summed E-state index contributed by atoms with van der Waals surface area (Å²) < 4.78 is 0. The van der Waals surface area contributed by atoms with Gasteiger partial charge in [-0.1, -0.05) is 6.07 Å². The van der Waals surface area contributed by atoms with Crippen LogP contribution < -0.4 is 10.6 Å². The van der Waals surface area contributed by atoms with Gasteiger partial charge in [-0.25, -0.2) is 9.78 Å². The van der Waals surface area contributed by atoms with Gasteiger partial charge in [0.15, 0.2) is 0 Å². The minimum Gasteiger partial charge on any atom is -0.480 e. The molecule has 0 fully saturated rings. The third-order valence-corrected chi connectivity index (χ3v) is 2.49. The standard InChI is InChI=1S/C12H15N3O4/c1-8(12(18)19)15(10-4-2-3-7-14-10)11(17)6-5-9(13)16/h2-4,7-8H,5-6H2,1H3,(H2,13,16)(H,18,19). The van der Waals surface area contributed by atoms with Crippen molar-refractivity contribution in [3.05, 3.63) is 24.4 Å². The summed E-state index contributed by atoms with van der Waals surface area (Å²) in [5.41, 5.74) is 4.97. The molecule has 0 aliphatic heterocycles. The fourth-order valence-electron chi connectivity index (χ4n) is 1.50. The van der Waals surface area contributed by atoms with Gasteiger partial charge in [0, 0.05) is 19.0 Å². The van der Waals surface area contributed by atoms with Crippen molar-refractivity contribution in [2.75, 3.05) is 4.90 Å². The molecule has 1 heterocycles. The number of nitrogens with zero attached hydrogens (tertiary/aromatic N) is 2. The minimum absolute atomic E-state index is 0.130. The number of rotatable bonds is 6. The molecule has 0 saturated heterocycles. The third-order valence-electron chi connectivity index (χ3n) is 2.49. The van der Waals surface area contributed by atoms with Crippen LogP contribution in [0.25, 0.3) is 0 Å². The SMILES string of the molecule is CC(C(=O)O)N(C(=O)CCC(N)=O)c1ccccn1. The third kappa shape index (κ3) is 4.06. The second-order valence-electron chi connectivity index (χ2n) is 3.93. The van der Waals surface area contributed by atoms with Crippen molar-refractivity contribution in [1.82, 2.24) is 4.98 Å². The maximum absolute atomic E-state index is 12.0. The zero-order valence-corrected chi connectivity index (χ0v) is 10.4. The zero-order valence-electron chi connectivity index (χ0n) is 10.4. The summed E-state index contributed by atoms with van der Waals surface area (Å²) in [6.45, 7) is 1.37. The lowest BCUT2D eigenvalue weighted by molar-refractivity contribution is -0.139. The summed E-state index contributed by atoms with van der Waals surface area (Å²) in [6, 6.07) is 3.75. The topological polar surface area (TPSA) is 114 Å². The highest BCUT2D eigenvalue weighted by atomic mass is 16.4. The van der Waals surface area contributed by atoms with Crippen molar-refractivity contribution < 1.29 is 19.5 Å². The molecule has 0 aliphatic carbocycles. The molecular weight excluding hydrogens is 250 g/mol. The number of hydrogen-bond donors (Lipinski definition) is 2. The van der Waals surface area contributed by atoms with E-state index in [1.807, 2.05) is 0 Å². The molecule has 7 heteroatoms. The Balaban J connectivity index is 2.96. The van der Waals surface area contributed by atoms with Crippen molar-refractivity contribution in [3.8, 4) is 0 Å². The monoisotopic (exact) mass is 265 g/mol. The van der Waals surface area contributed by atoms with Crippen LogP contribution in [0.5, 0.6) is 0 Å². The number of nitrogens with two attached hydrogens (primary N) is 1. The number of amides is 2. The first-order valence-electron chi connectivity index (χ1n) is 5.67. The number of carboxylic acid groups (broad SMARTS) is 1. The van der Waals surface area contributed by atoms with Gasteiger partial charge in [0.1, 0.15) is 11.9 Å². The van der Waals surface area contributed by atoms with Gasteiger partial charge in [0.2, 0.25) is 11.8 Å². The molecule has 0 aliphatic rings. The maximum Gasteiger partial charge on any atom is 0.326 e. The van der Waals surface area contributed by atoms with Crippen molar-refractivity contribution in [3.63, 3.8) is 0 Å². The summed E-state index contributed by atoms with van der Waals surface area (Å²) >= 11 is 0. The fourth-order valence-corrected chi connectivity index (χ4v) is 1.50. The molecule has 0 aromatic carbocycles. The number of hydrogen-bond acceptors (Lipinski definition) is 4. The average molecular weight is 265 g/mol. The van der Waals surface area contributed by atoms with Crippen LogP contribution in [-0.4, -0.2) is 33.9 Å². The van der Waals surface area contributed by atoms with Crippen molar-refractivity contribution >= 4 is 23.6 Å². The molecule has 102 valence electrons. The van der Waals surface area contributed by atoms with E-state index in [1.165, 1.54) is 19.2 Å². The van der Waals surface area contributed by atoms with E-state index in [0.29, 0.717) is 0 Å². The summed E-state index contributed by atoms with van der Waals surface area (Å²) in [5, 5.41) is 9.03. The van der Waals surface area contributed by atoms with Gasteiger partial charge in [-0.15, -0.1) is 0 Å². The van der Waals surface area contributed by atoms with E-state index in [-0.39, 0.29) is 18.7 Å². The Morgan fingerprint density at radius 2 is 2.05 bits per heavy atom. The molecule has 1 aromatic rings. The first-order valence-corrected chi connectivity index (χ1v) is 5.67. The van der Waals surface area contributed by atoms with Crippen LogP contribution in [0.2, 0.25) is 0 Å². The van der Waals surface area contributed by atoms with Gasteiger partial charge in [0.05, 0.1) is 0 Å². The Hall–Kier alpha value is -2.44. The van der Waals surface area contributed by atoms with E-state index in [9.17, 15) is 14.4 Å². The van der Waals surface area contributed by atoms with Gasteiger partial charge in [-0.2, -0.15) is 0 Å². The lowest BCUT2D eigenvalue weighted by Gasteiger charge is -2.25. The van der Waals surface area contributed by atoms with Crippen LogP contribution in [0.4, 0.5) is 5.82 Å². The van der Waals surface area contributed by atoms with E-state index < -0.39 is 23.8 Å². The second kappa shape index (κ2) is 6.48. The Morgan fingerprint density at radius 3 is 2.53 bits per heavy atom. The molecular formula is C12H15N3O4. The Morgan fingerprint density at radius 1 is 1.37 bits per heavy atom. The second-order valence-corrected chi connectivity index (χ2v) is 3.93. The molecule has 1 unspecified atom stereocenters. The molecule has 3 N–H and O–H groups in total. The predicted octanol–water partition coefficient (Wildman–Crippen LogP) is 0.153. The molecule has 0 bridgehead atoms. The lowest BCUT2D eigenvalue weighted by Crippen LogP contribution is -2.44. The highest BCUT2D eigenvalue weighted by molar-refractivity contribution is 5.99. The van der Waals surface area contributed by atoms with Gasteiger partial charge < -0.3 is 10.8 Å². The number of aliphatic carboxylic acids is 1. The first kappa shape index (κ1) is 14.6.